The Balaban J connectivity index is 1.55. The standard InChI is InChI=1S/C22H26N2O6/c1-27-18-12-15(13-19(28-2)22(18)29-3)14-23-20(25)8-9-21(26)24-10-11-30-17-7-5-4-6-16(17)24/h4-7,12-13H,8-11,14H2,1-3H3,(H,23,25). The monoisotopic (exact) mass is 414 g/mol. The van der Waals surface area contributed by atoms with Crippen molar-refractivity contribution in [3.05, 3.63) is 42.0 Å². The van der Waals surface area contributed by atoms with Crippen LogP contribution in [0.2, 0.25) is 0 Å². The van der Waals surface area contributed by atoms with E-state index in [2.05, 4.69) is 5.32 Å². The fraction of sp³-hybridized carbons (Fsp3) is 0.364. The van der Waals surface area contributed by atoms with Crippen LogP contribution in [0.3, 0.4) is 0 Å². The number of benzene rings is 2. The van der Waals surface area contributed by atoms with Gasteiger partial charge in [-0.1, -0.05) is 12.1 Å². The van der Waals surface area contributed by atoms with Crippen LogP contribution < -0.4 is 29.2 Å². The van der Waals surface area contributed by atoms with E-state index in [0.29, 0.717) is 36.1 Å². The minimum absolute atomic E-state index is 0.1000. The van der Waals surface area contributed by atoms with Gasteiger partial charge in [0.25, 0.3) is 0 Å². The maximum atomic E-state index is 12.6. The molecule has 8 heteroatoms. The summed E-state index contributed by atoms with van der Waals surface area (Å²) in [5, 5.41) is 2.83. The Kier molecular flexibility index (Phi) is 7.00. The molecule has 0 bridgehead atoms. The number of amides is 2. The molecule has 0 unspecified atom stereocenters. The third kappa shape index (κ3) is 4.76. The molecule has 160 valence electrons. The summed E-state index contributed by atoms with van der Waals surface area (Å²) in [4.78, 5) is 26.6. The maximum Gasteiger partial charge on any atom is 0.227 e. The van der Waals surface area contributed by atoms with Gasteiger partial charge in [-0.15, -0.1) is 0 Å². The molecule has 0 fully saturated rings. The van der Waals surface area contributed by atoms with E-state index >= 15 is 0 Å². The van der Waals surface area contributed by atoms with Gasteiger partial charge < -0.3 is 29.2 Å². The van der Waals surface area contributed by atoms with Gasteiger partial charge in [-0.3, -0.25) is 9.59 Å². The molecule has 0 atom stereocenters. The summed E-state index contributed by atoms with van der Waals surface area (Å²) >= 11 is 0. The first kappa shape index (κ1) is 21.3. The molecule has 1 N–H and O–H groups in total. The minimum atomic E-state index is -0.210. The molecule has 2 amide bonds. The molecule has 30 heavy (non-hydrogen) atoms. The summed E-state index contributed by atoms with van der Waals surface area (Å²) in [6.07, 6.45) is 0.220. The van der Waals surface area contributed by atoms with E-state index in [9.17, 15) is 9.59 Å². The van der Waals surface area contributed by atoms with E-state index in [0.717, 1.165) is 11.3 Å². The molecule has 8 nitrogen and oxygen atoms in total. The number of nitrogens with zero attached hydrogens (tertiary/aromatic N) is 1. The summed E-state index contributed by atoms with van der Waals surface area (Å²) < 4.78 is 21.5. The number of nitrogens with one attached hydrogen (secondary N) is 1. The number of hydrogen-bond acceptors (Lipinski definition) is 6. The molecular weight excluding hydrogens is 388 g/mol. The van der Waals surface area contributed by atoms with Crippen molar-refractivity contribution >= 4 is 17.5 Å². The lowest BCUT2D eigenvalue weighted by molar-refractivity contribution is -0.125. The number of methoxy groups -OCH3 is 3. The van der Waals surface area contributed by atoms with Gasteiger partial charge in [0.2, 0.25) is 17.6 Å². The van der Waals surface area contributed by atoms with Crippen molar-refractivity contribution in [1.82, 2.24) is 5.32 Å². The Morgan fingerprint density at radius 1 is 1.03 bits per heavy atom. The highest BCUT2D eigenvalue weighted by Gasteiger charge is 2.23. The lowest BCUT2D eigenvalue weighted by atomic mass is 10.1. The molecule has 1 heterocycles. The van der Waals surface area contributed by atoms with Crippen molar-refractivity contribution in [2.45, 2.75) is 19.4 Å². The first-order valence-electron chi connectivity index (χ1n) is 9.65. The Labute approximate surface area is 175 Å². The highest BCUT2D eigenvalue weighted by atomic mass is 16.5. The van der Waals surface area contributed by atoms with Gasteiger partial charge in [0.05, 0.1) is 33.6 Å². The highest BCUT2D eigenvalue weighted by Crippen LogP contribution is 2.38. The van der Waals surface area contributed by atoms with Crippen LogP contribution in [0.4, 0.5) is 5.69 Å². The van der Waals surface area contributed by atoms with Gasteiger partial charge in [-0.2, -0.15) is 0 Å². The van der Waals surface area contributed by atoms with Crippen LogP contribution >= 0.6 is 0 Å². The predicted octanol–water partition coefficient (Wildman–Crippen LogP) is 2.53. The van der Waals surface area contributed by atoms with Crippen molar-refractivity contribution < 1.29 is 28.5 Å². The Hall–Kier alpha value is -3.42. The number of para-hydroxylation sites is 2. The SMILES string of the molecule is COc1cc(CNC(=O)CCC(=O)N2CCOc3ccccc32)cc(OC)c1OC. The molecule has 2 aromatic rings. The van der Waals surface area contributed by atoms with Gasteiger partial charge in [-0.25, -0.2) is 0 Å². The largest absolute Gasteiger partial charge is 0.493 e. The van der Waals surface area contributed by atoms with Crippen LogP contribution in [0.25, 0.3) is 0 Å². The van der Waals surface area contributed by atoms with E-state index in [1.165, 1.54) is 21.3 Å². The van der Waals surface area contributed by atoms with Gasteiger partial charge in [0, 0.05) is 19.4 Å². The average molecular weight is 414 g/mol. The normalized spacial score (nSPS) is 12.4. The van der Waals surface area contributed by atoms with Crippen molar-refractivity contribution in [2.75, 3.05) is 39.4 Å². The van der Waals surface area contributed by atoms with Crippen molar-refractivity contribution in [1.29, 1.82) is 0 Å². The number of fused-ring (bicyclic) bond motifs is 1. The number of ether oxygens (including phenoxy) is 4. The average Bonchev–Trinajstić information content (AvgIpc) is 2.79. The van der Waals surface area contributed by atoms with E-state index in [-0.39, 0.29) is 31.2 Å². The summed E-state index contributed by atoms with van der Waals surface area (Å²) in [5.41, 5.74) is 1.54. The first-order valence-corrected chi connectivity index (χ1v) is 9.65. The minimum Gasteiger partial charge on any atom is -0.493 e. The molecule has 0 saturated carbocycles. The summed E-state index contributed by atoms with van der Waals surface area (Å²) in [6, 6.07) is 11.0. The number of carbonyl (C=O) groups is 2. The topological polar surface area (TPSA) is 86.3 Å². The number of hydrogen-bond donors (Lipinski definition) is 1. The lowest BCUT2D eigenvalue weighted by Gasteiger charge is -2.29. The maximum absolute atomic E-state index is 12.6. The van der Waals surface area contributed by atoms with E-state index < -0.39 is 0 Å². The number of carbonyl (C=O) groups excluding carboxylic acids is 2. The molecule has 1 aliphatic rings. The zero-order chi connectivity index (χ0) is 21.5. The molecule has 0 spiro atoms. The van der Waals surface area contributed by atoms with E-state index in [1.807, 2.05) is 24.3 Å². The fourth-order valence-corrected chi connectivity index (χ4v) is 3.31. The summed E-state index contributed by atoms with van der Waals surface area (Å²) in [6.45, 7) is 1.20. The van der Waals surface area contributed by atoms with Gasteiger partial charge in [0.1, 0.15) is 12.4 Å². The lowest BCUT2D eigenvalue weighted by Crippen LogP contribution is -2.38. The van der Waals surface area contributed by atoms with E-state index in [4.69, 9.17) is 18.9 Å². The van der Waals surface area contributed by atoms with Crippen LogP contribution in [0.1, 0.15) is 18.4 Å². The molecule has 2 aromatic carbocycles. The molecular formula is C22H26N2O6. The van der Waals surface area contributed by atoms with Crippen LogP contribution in [0.5, 0.6) is 23.0 Å². The Bertz CT molecular complexity index is 889. The molecule has 3 rings (SSSR count). The van der Waals surface area contributed by atoms with Gasteiger partial charge in [0.15, 0.2) is 11.5 Å². The zero-order valence-electron chi connectivity index (χ0n) is 17.4. The summed E-state index contributed by atoms with van der Waals surface area (Å²) in [5.74, 6) is 1.90. The van der Waals surface area contributed by atoms with Crippen LogP contribution in [0, 0.1) is 0 Å². The molecule has 0 aromatic heterocycles. The third-order valence-electron chi connectivity index (χ3n) is 4.81. The Morgan fingerprint density at radius 3 is 2.40 bits per heavy atom. The predicted molar refractivity (Wildman–Crippen MR) is 111 cm³/mol. The zero-order valence-corrected chi connectivity index (χ0v) is 17.4. The van der Waals surface area contributed by atoms with Crippen molar-refractivity contribution in [2.24, 2.45) is 0 Å². The summed E-state index contributed by atoms with van der Waals surface area (Å²) in [7, 11) is 4.61. The van der Waals surface area contributed by atoms with Gasteiger partial charge in [-0.05, 0) is 29.8 Å². The number of rotatable bonds is 8. The smallest absolute Gasteiger partial charge is 0.227 e. The molecule has 1 aliphatic heterocycles. The second-order valence-corrected chi connectivity index (χ2v) is 6.67. The van der Waals surface area contributed by atoms with Crippen LogP contribution in [0.15, 0.2) is 36.4 Å². The van der Waals surface area contributed by atoms with Crippen molar-refractivity contribution in [3.63, 3.8) is 0 Å². The van der Waals surface area contributed by atoms with Crippen molar-refractivity contribution in [3.8, 4) is 23.0 Å². The number of anilines is 1. The van der Waals surface area contributed by atoms with E-state index in [1.54, 1.807) is 17.0 Å². The highest BCUT2D eigenvalue weighted by molar-refractivity contribution is 5.97. The molecule has 0 radical (unpaired) electrons. The Morgan fingerprint density at radius 2 is 1.73 bits per heavy atom. The second-order valence-electron chi connectivity index (χ2n) is 6.67. The van der Waals surface area contributed by atoms with Crippen LogP contribution in [-0.4, -0.2) is 46.3 Å². The third-order valence-corrected chi connectivity index (χ3v) is 4.81. The first-order chi connectivity index (χ1) is 14.6. The van der Waals surface area contributed by atoms with Gasteiger partial charge >= 0.3 is 0 Å². The molecule has 0 saturated heterocycles. The van der Waals surface area contributed by atoms with Crippen LogP contribution in [-0.2, 0) is 16.1 Å². The second kappa shape index (κ2) is 9.87. The fourth-order valence-electron chi connectivity index (χ4n) is 3.31. The quantitative estimate of drug-likeness (QED) is 0.714. The molecule has 0 aliphatic carbocycles.